The molecule has 7 nitrogen and oxygen atoms in total. The highest BCUT2D eigenvalue weighted by atomic mass is 32.2. The first-order valence-electron chi connectivity index (χ1n) is 4.71. The van der Waals surface area contributed by atoms with Gasteiger partial charge in [0.25, 0.3) is 0 Å². The van der Waals surface area contributed by atoms with Gasteiger partial charge in [-0.1, -0.05) is 6.92 Å². The van der Waals surface area contributed by atoms with E-state index in [1.54, 1.807) is 0 Å². The molecule has 0 radical (unpaired) electrons. The topological polar surface area (TPSA) is 118 Å². The smallest absolute Gasteiger partial charge is 0.481 e. The third kappa shape index (κ3) is 4.06. The molecule has 0 aliphatic rings. The summed E-state index contributed by atoms with van der Waals surface area (Å²) < 4.78 is 61.7. The summed E-state index contributed by atoms with van der Waals surface area (Å²) in [5.41, 5.74) is -8.64. The van der Waals surface area contributed by atoms with E-state index >= 15 is 0 Å². The number of alkyl halides is 3. The summed E-state index contributed by atoms with van der Waals surface area (Å²) in [7, 11) is -6.15. The van der Waals surface area contributed by atoms with Crippen molar-refractivity contribution in [2.24, 2.45) is 5.92 Å². The molecule has 0 saturated carbocycles. The van der Waals surface area contributed by atoms with Gasteiger partial charge in [-0.15, -0.1) is 0 Å². The van der Waals surface area contributed by atoms with Crippen LogP contribution in [0.3, 0.4) is 0 Å². The summed E-state index contributed by atoms with van der Waals surface area (Å²) in [4.78, 5) is 21.3. The van der Waals surface area contributed by atoms with Crippen molar-refractivity contribution in [2.75, 3.05) is 0 Å². The molecule has 0 amide bonds. The Bertz CT molecular complexity index is 469. The zero-order valence-electron chi connectivity index (χ0n) is 9.76. The maximum Gasteiger partial charge on any atom is 0.523 e. The lowest BCUT2D eigenvalue weighted by molar-refractivity contribution is -0.161. The Morgan fingerprint density at radius 2 is 1.68 bits per heavy atom. The SMILES string of the molecule is CC(CC(=O)O)[C@](C)(OS(=O)(=O)C(F)(F)F)C(=O)O. The Labute approximate surface area is 106 Å². The molecule has 0 heterocycles. The number of aliphatic carboxylic acids is 2. The highest BCUT2D eigenvalue weighted by Gasteiger charge is 2.55. The molecule has 0 aromatic rings. The van der Waals surface area contributed by atoms with Gasteiger partial charge in [-0.2, -0.15) is 21.6 Å². The molecule has 0 aliphatic carbocycles. The van der Waals surface area contributed by atoms with Crippen LogP contribution >= 0.6 is 0 Å². The quantitative estimate of drug-likeness (QED) is 0.550. The summed E-state index contributed by atoms with van der Waals surface area (Å²) in [6.07, 6.45) is -0.879. The van der Waals surface area contributed by atoms with Crippen molar-refractivity contribution < 1.29 is 45.6 Å². The average molecular weight is 308 g/mol. The maximum absolute atomic E-state index is 12.1. The second-order valence-corrected chi connectivity index (χ2v) is 5.43. The van der Waals surface area contributed by atoms with Gasteiger partial charge in [-0.05, 0) is 6.92 Å². The van der Waals surface area contributed by atoms with E-state index in [4.69, 9.17) is 10.2 Å². The lowest BCUT2D eigenvalue weighted by Crippen LogP contribution is -2.48. The molecular formula is C8H11F3O7S. The first-order chi connectivity index (χ1) is 8.24. The van der Waals surface area contributed by atoms with E-state index in [9.17, 15) is 31.2 Å². The highest BCUT2D eigenvalue weighted by Crippen LogP contribution is 2.33. The maximum atomic E-state index is 12.1. The number of carbonyl (C=O) groups is 2. The van der Waals surface area contributed by atoms with Crippen molar-refractivity contribution in [3.8, 4) is 0 Å². The van der Waals surface area contributed by atoms with Crippen molar-refractivity contribution in [1.29, 1.82) is 0 Å². The van der Waals surface area contributed by atoms with Gasteiger partial charge in [0.2, 0.25) is 0 Å². The van der Waals surface area contributed by atoms with Gasteiger partial charge >= 0.3 is 27.6 Å². The summed E-state index contributed by atoms with van der Waals surface area (Å²) in [5, 5.41) is 17.3. The number of carboxylic acids is 2. The highest BCUT2D eigenvalue weighted by molar-refractivity contribution is 7.87. The lowest BCUT2D eigenvalue weighted by Gasteiger charge is -2.29. The number of carboxylic acid groups (broad SMARTS) is 2. The van der Waals surface area contributed by atoms with Crippen molar-refractivity contribution in [3.05, 3.63) is 0 Å². The summed E-state index contributed by atoms with van der Waals surface area (Å²) in [5.74, 6) is -5.04. The minimum Gasteiger partial charge on any atom is -0.481 e. The molecule has 0 aromatic heterocycles. The molecular weight excluding hydrogens is 297 g/mol. The summed E-state index contributed by atoms with van der Waals surface area (Å²) >= 11 is 0. The molecule has 0 spiro atoms. The van der Waals surface area contributed by atoms with E-state index in [1.165, 1.54) is 0 Å². The van der Waals surface area contributed by atoms with Gasteiger partial charge in [-0.3, -0.25) is 4.79 Å². The fourth-order valence-corrected chi connectivity index (χ4v) is 1.85. The number of hydrogen-bond acceptors (Lipinski definition) is 5. The molecule has 2 N–H and O–H groups in total. The van der Waals surface area contributed by atoms with Gasteiger partial charge < -0.3 is 10.2 Å². The molecule has 11 heteroatoms. The fourth-order valence-electron chi connectivity index (χ4n) is 1.06. The van der Waals surface area contributed by atoms with Gasteiger partial charge in [0.05, 0.1) is 6.42 Å². The molecule has 112 valence electrons. The molecule has 0 bridgehead atoms. The van der Waals surface area contributed by atoms with Crippen molar-refractivity contribution in [2.45, 2.75) is 31.4 Å². The number of hydrogen-bond donors (Lipinski definition) is 2. The van der Waals surface area contributed by atoms with Crippen LogP contribution in [0.4, 0.5) is 13.2 Å². The molecule has 0 aromatic carbocycles. The third-order valence-corrected chi connectivity index (χ3v) is 3.54. The molecule has 0 fully saturated rings. The fraction of sp³-hybridized carbons (Fsp3) is 0.750. The Morgan fingerprint density at radius 3 is 1.95 bits per heavy atom. The summed E-state index contributed by atoms with van der Waals surface area (Å²) in [6.45, 7) is 1.51. The molecule has 0 aliphatic heterocycles. The van der Waals surface area contributed by atoms with Crippen LogP contribution in [0, 0.1) is 5.92 Å². The lowest BCUT2D eigenvalue weighted by atomic mass is 9.88. The molecule has 0 rings (SSSR count). The Hall–Kier alpha value is -1.36. The van der Waals surface area contributed by atoms with E-state index in [-0.39, 0.29) is 0 Å². The Morgan fingerprint density at radius 1 is 1.26 bits per heavy atom. The standard InChI is InChI=1S/C8H11F3O7S/c1-4(3-5(12)13)7(2,6(14)15)18-19(16,17)8(9,10)11/h4H,3H2,1-2H3,(H,12,13)(H,14,15)/t4?,7-/m0/s1. The first kappa shape index (κ1) is 17.6. The number of halogens is 3. The second-order valence-electron chi connectivity index (χ2n) is 3.89. The minimum absolute atomic E-state index is 0.562. The monoisotopic (exact) mass is 308 g/mol. The van der Waals surface area contributed by atoms with Crippen LogP contribution in [0.2, 0.25) is 0 Å². The molecule has 1 unspecified atom stereocenters. The molecule has 0 saturated heterocycles. The predicted octanol–water partition coefficient (Wildman–Crippen LogP) is 0.807. The van der Waals surface area contributed by atoms with Crippen LogP contribution in [-0.2, 0) is 23.9 Å². The van der Waals surface area contributed by atoms with Gasteiger partial charge in [-0.25, -0.2) is 8.98 Å². The predicted molar refractivity (Wildman–Crippen MR) is 53.5 cm³/mol. The van der Waals surface area contributed by atoms with Gasteiger partial charge in [0.15, 0.2) is 5.60 Å². The first-order valence-corrected chi connectivity index (χ1v) is 6.12. The van der Waals surface area contributed by atoms with Crippen LogP contribution in [0.25, 0.3) is 0 Å². The normalized spacial score (nSPS) is 17.5. The Kier molecular flexibility index (Phi) is 4.95. The average Bonchev–Trinajstić information content (AvgIpc) is 2.13. The van der Waals surface area contributed by atoms with E-state index < -0.39 is 45.5 Å². The molecule has 2 atom stereocenters. The van der Waals surface area contributed by atoms with E-state index in [2.05, 4.69) is 4.18 Å². The molecule has 19 heavy (non-hydrogen) atoms. The van der Waals surface area contributed by atoms with Gasteiger partial charge in [0.1, 0.15) is 0 Å². The second kappa shape index (κ2) is 5.33. The zero-order chi connectivity index (χ0) is 15.6. The van der Waals surface area contributed by atoms with Gasteiger partial charge in [0, 0.05) is 5.92 Å². The van der Waals surface area contributed by atoms with E-state index in [1.807, 2.05) is 0 Å². The van der Waals surface area contributed by atoms with Crippen LogP contribution in [-0.4, -0.2) is 41.7 Å². The van der Waals surface area contributed by atoms with Crippen LogP contribution in [0.1, 0.15) is 20.3 Å². The van der Waals surface area contributed by atoms with E-state index in [0.29, 0.717) is 6.92 Å². The van der Waals surface area contributed by atoms with Crippen molar-refractivity contribution in [3.63, 3.8) is 0 Å². The van der Waals surface area contributed by atoms with Crippen molar-refractivity contribution in [1.82, 2.24) is 0 Å². The van der Waals surface area contributed by atoms with Crippen LogP contribution < -0.4 is 0 Å². The van der Waals surface area contributed by atoms with Crippen molar-refractivity contribution >= 4 is 22.1 Å². The minimum atomic E-state index is -6.15. The summed E-state index contributed by atoms with van der Waals surface area (Å²) in [6, 6.07) is 0. The van der Waals surface area contributed by atoms with Crippen LogP contribution in [0.15, 0.2) is 0 Å². The number of rotatable bonds is 6. The largest absolute Gasteiger partial charge is 0.523 e. The van der Waals surface area contributed by atoms with Crippen LogP contribution in [0.5, 0.6) is 0 Å². The zero-order valence-corrected chi connectivity index (χ0v) is 10.6. The third-order valence-electron chi connectivity index (χ3n) is 2.41. The van der Waals surface area contributed by atoms with E-state index in [0.717, 1.165) is 6.92 Å². The Balaban J connectivity index is 5.47.